The van der Waals surface area contributed by atoms with Gasteiger partial charge in [-0.3, -0.25) is 19.2 Å². The number of allylic oxidation sites excluding steroid dienone is 4. The van der Waals surface area contributed by atoms with Gasteiger partial charge in [-0.05, 0) is 73.8 Å². The summed E-state index contributed by atoms with van der Waals surface area (Å²) in [6.45, 7) is 3.47. The molecule has 0 bridgehead atoms. The van der Waals surface area contributed by atoms with Gasteiger partial charge >= 0.3 is 11.9 Å². The number of hydrogen-bond donors (Lipinski definition) is 4. The van der Waals surface area contributed by atoms with Gasteiger partial charge in [-0.1, -0.05) is 37.6 Å². The monoisotopic (exact) mass is 593 g/mol. The summed E-state index contributed by atoms with van der Waals surface area (Å²) in [4.78, 5) is 60.9. The lowest BCUT2D eigenvalue weighted by Gasteiger charge is -2.59. The summed E-state index contributed by atoms with van der Waals surface area (Å²) in [5.74, 6) is -2.90. The molecule has 7 atom stereocenters. The van der Waals surface area contributed by atoms with E-state index in [4.69, 9.17) is 9.84 Å². The van der Waals surface area contributed by atoms with Crippen molar-refractivity contribution in [2.45, 2.75) is 77.0 Å². The van der Waals surface area contributed by atoms with Gasteiger partial charge in [-0.15, -0.1) is 0 Å². The van der Waals surface area contributed by atoms with Crippen LogP contribution in [0.25, 0.3) is 0 Å². The number of ketones is 2. The van der Waals surface area contributed by atoms with Gasteiger partial charge in [0.2, 0.25) is 11.7 Å². The minimum Gasteiger partial charge on any atom is -0.478 e. The molecule has 0 heterocycles. The second-order valence-electron chi connectivity index (χ2n) is 13.0. The van der Waals surface area contributed by atoms with Gasteiger partial charge in [0.1, 0.15) is 5.60 Å². The average Bonchev–Trinajstić information content (AvgIpc) is 3.24. The van der Waals surface area contributed by atoms with Gasteiger partial charge in [-0.25, -0.2) is 4.79 Å². The first-order valence-corrected chi connectivity index (χ1v) is 14.9. The molecule has 1 aromatic rings. The van der Waals surface area contributed by atoms with Crippen molar-refractivity contribution in [1.82, 2.24) is 5.32 Å². The Morgan fingerprint density at radius 2 is 1.79 bits per heavy atom. The second kappa shape index (κ2) is 11.5. The molecule has 4 aliphatic rings. The minimum atomic E-state index is -1.76. The number of carbonyl (C=O) groups excluding carboxylic acids is 4. The van der Waals surface area contributed by atoms with E-state index < -0.39 is 52.8 Å². The third kappa shape index (κ3) is 5.47. The first-order valence-electron chi connectivity index (χ1n) is 14.9. The van der Waals surface area contributed by atoms with Crippen molar-refractivity contribution >= 4 is 29.4 Å². The summed E-state index contributed by atoms with van der Waals surface area (Å²) in [6, 6.07) is 6.05. The Morgan fingerprint density at radius 3 is 2.49 bits per heavy atom. The van der Waals surface area contributed by atoms with Crippen LogP contribution in [-0.2, 0) is 30.5 Å². The molecular formula is C33H39NO9. The quantitative estimate of drug-likeness (QED) is 0.315. The molecule has 10 heteroatoms. The van der Waals surface area contributed by atoms with Crippen LogP contribution in [0.15, 0.2) is 48.1 Å². The Morgan fingerprint density at radius 1 is 1.07 bits per heavy atom. The third-order valence-electron chi connectivity index (χ3n) is 10.7. The van der Waals surface area contributed by atoms with Crippen LogP contribution in [0.1, 0.15) is 74.7 Å². The summed E-state index contributed by atoms with van der Waals surface area (Å²) < 4.78 is 5.19. The Balaban J connectivity index is 1.14. The van der Waals surface area contributed by atoms with E-state index in [1.807, 2.05) is 13.0 Å². The van der Waals surface area contributed by atoms with Crippen molar-refractivity contribution in [3.05, 3.63) is 59.2 Å². The molecule has 0 aliphatic heterocycles. The maximum Gasteiger partial charge on any atom is 0.335 e. The lowest BCUT2D eigenvalue weighted by atomic mass is 9.46. The van der Waals surface area contributed by atoms with Crippen molar-refractivity contribution in [2.75, 3.05) is 6.61 Å². The van der Waals surface area contributed by atoms with E-state index in [1.54, 1.807) is 24.3 Å². The Labute approximate surface area is 250 Å². The number of carboxylic acid groups (broad SMARTS) is 1. The number of carboxylic acids is 1. The summed E-state index contributed by atoms with van der Waals surface area (Å²) in [5.41, 5.74) is -1.24. The van der Waals surface area contributed by atoms with E-state index in [9.17, 15) is 34.2 Å². The first kappa shape index (κ1) is 30.8. The number of rotatable bonds is 9. The molecule has 4 N–H and O–H groups in total. The second-order valence-corrected chi connectivity index (χ2v) is 13.0. The standard InChI is InChI=1S/C33H39NO9/c1-31-13-11-22(35)15-21(31)7-8-23-24-12-14-33(42,32(24,2)16-25(36)29(23)31)26(37)18-43-28(39)10-9-27(38)34-17-19-3-5-20(6-4-19)30(40)41/h3-6,11,13,15,23-25,29,36,42H,7-10,12,14,16-18H2,1-2H3,(H,34,38)(H,40,41)/t23-,24+,25+,29+,31-,32+,33-/m0/s1. The molecule has 3 saturated carbocycles. The highest BCUT2D eigenvalue weighted by atomic mass is 16.5. The Kier molecular flexibility index (Phi) is 8.22. The van der Waals surface area contributed by atoms with E-state index in [0.29, 0.717) is 12.0 Å². The predicted molar refractivity (Wildman–Crippen MR) is 153 cm³/mol. The van der Waals surface area contributed by atoms with Crippen LogP contribution in [0.4, 0.5) is 0 Å². The third-order valence-corrected chi connectivity index (χ3v) is 10.7. The van der Waals surface area contributed by atoms with Crippen LogP contribution in [0, 0.1) is 28.6 Å². The van der Waals surface area contributed by atoms with Crippen molar-refractivity contribution in [2.24, 2.45) is 28.6 Å². The molecule has 0 spiro atoms. The zero-order valence-electron chi connectivity index (χ0n) is 24.5. The molecule has 4 aliphatic carbocycles. The molecule has 0 aromatic heterocycles. The summed E-state index contributed by atoms with van der Waals surface area (Å²) in [5, 5.41) is 34.9. The smallest absolute Gasteiger partial charge is 0.335 e. The van der Waals surface area contributed by atoms with E-state index in [-0.39, 0.29) is 61.3 Å². The number of benzene rings is 1. The topological polar surface area (TPSA) is 167 Å². The summed E-state index contributed by atoms with van der Waals surface area (Å²) in [7, 11) is 0. The van der Waals surface area contributed by atoms with Crippen LogP contribution < -0.4 is 5.32 Å². The highest BCUT2D eigenvalue weighted by Gasteiger charge is 2.68. The number of carbonyl (C=O) groups is 5. The van der Waals surface area contributed by atoms with Gasteiger partial charge in [0.05, 0.1) is 18.1 Å². The van der Waals surface area contributed by atoms with Crippen molar-refractivity contribution < 1.29 is 44.0 Å². The number of aromatic carboxylic acids is 1. The van der Waals surface area contributed by atoms with Crippen LogP contribution in [0.5, 0.6) is 0 Å². The molecule has 3 fully saturated rings. The molecule has 0 saturated heterocycles. The zero-order valence-corrected chi connectivity index (χ0v) is 24.5. The van der Waals surface area contributed by atoms with Gasteiger partial charge < -0.3 is 25.4 Å². The number of hydrogen-bond acceptors (Lipinski definition) is 8. The fraction of sp³-hybridized carbons (Fsp3) is 0.545. The van der Waals surface area contributed by atoms with Crippen LogP contribution in [0.3, 0.4) is 0 Å². The first-order chi connectivity index (χ1) is 20.3. The minimum absolute atomic E-state index is 0.0148. The fourth-order valence-electron chi connectivity index (χ4n) is 8.40. The summed E-state index contributed by atoms with van der Waals surface area (Å²) >= 11 is 0. The maximum absolute atomic E-state index is 13.4. The van der Waals surface area contributed by atoms with E-state index >= 15 is 0 Å². The van der Waals surface area contributed by atoms with E-state index in [2.05, 4.69) is 12.2 Å². The molecule has 0 radical (unpaired) electrons. The number of esters is 1. The zero-order chi connectivity index (χ0) is 31.2. The van der Waals surface area contributed by atoms with Crippen LogP contribution >= 0.6 is 0 Å². The number of Topliss-reactive ketones (excluding diaryl/α,β-unsaturated/α-hetero) is 1. The molecule has 43 heavy (non-hydrogen) atoms. The highest BCUT2D eigenvalue weighted by Crippen LogP contribution is 2.67. The molecule has 10 nitrogen and oxygen atoms in total. The summed E-state index contributed by atoms with van der Waals surface area (Å²) in [6.07, 6.45) is 6.51. The molecular weight excluding hydrogens is 554 g/mol. The number of ether oxygens (including phenoxy) is 1. The van der Waals surface area contributed by atoms with Gasteiger partial charge in [-0.2, -0.15) is 0 Å². The molecule has 0 unspecified atom stereocenters. The Bertz CT molecular complexity index is 1400. The van der Waals surface area contributed by atoms with Gasteiger partial charge in [0, 0.05) is 29.7 Å². The Hall–Kier alpha value is -3.63. The number of aliphatic hydroxyl groups is 2. The SMILES string of the molecule is C[C@]12C=CC(=O)C=C1CC[C@@H]1[C@@H]2[C@H](O)C[C@]2(C)[C@@H]1CC[C@]2(O)C(=O)COC(=O)CCC(=O)NCc1ccc(C(=O)O)cc1. The molecule has 1 aromatic carbocycles. The number of nitrogens with one attached hydrogen (secondary N) is 1. The fourth-order valence-corrected chi connectivity index (χ4v) is 8.40. The van der Waals surface area contributed by atoms with E-state index in [1.165, 1.54) is 12.1 Å². The lowest BCUT2D eigenvalue weighted by molar-refractivity contribution is -0.181. The molecule has 5 rings (SSSR count). The highest BCUT2D eigenvalue weighted by molar-refractivity contribution is 6.01. The largest absolute Gasteiger partial charge is 0.478 e. The van der Waals surface area contributed by atoms with Crippen LogP contribution in [-0.4, -0.2) is 63.0 Å². The van der Waals surface area contributed by atoms with Gasteiger partial charge in [0.15, 0.2) is 12.4 Å². The van der Waals surface area contributed by atoms with E-state index in [0.717, 1.165) is 18.4 Å². The predicted octanol–water partition coefficient (Wildman–Crippen LogP) is 2.90. The lowest BCUT2D eigenvalue weighted by Crippen LogP contribution is -2.61. The van der Waals surface area contributed by atoms with Crippen molar-refractivity contribution in [1.29, 1.82) is 0 Å². The van der Waals surface area contributed by atoms with Crippen molar-refractivity contribution in [3.8, 4) is 0 Å². The number of aliphatic hydroxyl groups excluding tert-OH is 1. The molecule has 230 valence electrons. The molecule has 1 amide bonds. The average molecular weight is 594 g/mol. The normalized spacial score (nSPS) is 34.3. The van der Waals surface area contributed by atoms with Gasteiger partial charge in [0.25, 0.3) is 0 Å². The maximum atomic E-state index is 13.4. The number of fused-ring (bicyclic) bond motifs is 5. The van der Waals surface area contributed by atoms with Crippen LogP contribution in [0.2, 0.25) is 0 Å². The van der Waals surface area contributed by atoms with Crippen molar-refractivity contribution in [3.63, 3.8) is 0 Å². The number of amides is 1.